The summed E-state index contributed by atoms with van der Waals surface area (Å²) in [6.07, 6.45) is 2.15. The monoisotopic (exact) mass is 210 g/mol. The van der Waals surface area contributed by atoms with Gasteiger partial charge in [0.2, 0.25) is 0 Å². The summed E-state index contributed by atoms with van der Waals surface area (Å²) in [6.45, 7) is 6.36. The number of fused-ring (bicyclic) bond motifs is 3. The molecular formula is C14H14N2. The minimum absolute atomic E-state index is 1.03. The van der Waals surface area contributed by atoms with Gasteiger partial charge in [0.1, 0.15) is 5.65 Å². The van der Waals surface area contributed by atoms with E-state index in [1.54, 1.807) is 0 Å². The van der Waals surface area contributed by atoms with Crippen molar-refractivity contribution in [2.45, 2.75) is 20.8 Å². The Bertz CT molecular complexity index is 693. The Labute approximate surface area is 94.5 Å². The average Bonchev–Trinajstić information content (AvgIpc) is 2.63. The van der Waals surface area contributed by atoms with Crippen LogP contribution in [-0.4, -0.2) is 9.38 Å². The Balaban J connectivity index is 2.62. The van der Waals surface area contributed by atoms with E-state index in [1.165, 1.54) is 22.2 Å². The predicted octanol–water partition coefficient (Wildman–Crippen LogP) is 3.41. The topological polar surface area (TPSA) is 17.3 Å². The third-order valence-electron chi connectivity index (χ3n) is 3.10. The first kappa shape index (κ1) is 9.40. The molecule has 2 heterocycles. The summed E-state index contributed by atoms with van der Waals surface area (Å²) in [5.74, 6) is 0. The summed E-state index contributed by atoms with van der Waals surface area (Å²) in [5.41, 5.74) is 7.15. The van der Waals surface area contributed by atoms with E-state index >= 15 is 0 Å². The van der Waals surface area contributed by atoms with Crippen LogP contribution in [0.15, 0.2) is 30.5 Å². The van der Waals surface area contributed by atoms with E-state index in [0.717, 1.165) is 11.2 Å². The molecule has 3 rings (SSSR count). The summed E-state index contributed by atoms with van der Waals surface area (Å²) in [6, 6.07) is 8.48. The number of nitrogens with zero attached hydrogens (tertiary/aromatic N) is 2. The summed E-state index contributed by atoms with van der Waals surface area (Å²) < 4.78 is 2.19. The van der Waals surface area contributed by atoms with E-state index < -0.39 is 0 Å². The molecule has 0 radical (unpaired) electrons. The van der Waals surface area contributed by atoms with E-state index in [1.807, 2.05) is 0 Å². The zero-order valence-corrected chi connectivity index (χ0v) is 9.78. The van der Waals surface area contributed by atoms with Gasteiger partial charge in [-0.15, -0.1) is 0 Å². The number of pyridine rings is 1. The van der Waals surface area contributed by atoms with Crippen LogP contribution in [0, 0.1) is 20.8 Å². The Morgan fingerprint density at radius 3 is 2.50 bits per heavy atom. The van der Waals surface area contributed by atoms with Crippen LogP contribution in [0.1, 0.15) is 16.7 Å². The second-order valence-corrected chi connectivity index (χ2v) is 4.44. The fourth-order valence-corrected chi connectivity index (χ4v) is 2.21. The molecule has 0 spiro atoms. The summed E-state index contributed by atoms with van der Waals surface area (Å²) >= 11 is 0. The SMILES string of the molecule is Cc1ccc2nc3c(C)ccc(C)c3n2c1. The van der Waals surface area contributed by atoms with Crippen LogP contribution in [0.25, 0.3) is 16.7 Å². The second-order valence-electron chi connectivity index (χ2n) is 4.44. The lowest BCUT2D eigenvalue weighted by Gasteiger charge is -2.01. The van der Waals surface area contributed by atoms with Crippen LogP contribution in [0.3, 0.4) is 0 Å². The fourth-order valence-electron chi connectivity index (χ4n) is 2.21. The van der Waals surface area contributed by atoms with Crippen LogP contribution in [0.4, 0.5) is 0 Å². The Kier molecular flexibility index (Phi) is 1.81. The van der Waals surface area contributed by atoms with Crippen molar-refractivity contribution in [3.63, 3.8) is 0 Å². The van der Waals surface area contributed by atoms with Gasteiger partial charge >= 0.3 is 0 Å². The fraction of sp³-hybridized carbons (Fsp3) is 0.214. The second kappa shape index (κ2) is 3.08. The molecule has 0 aliphatic carbocycles. The van der Waals surface area contributed by atoms with E-state index in [0.29, 0.717) is 0 Å². The molecule has 0 saturated carbocycles. The number of imidazole rings is 1. The molecule has 3 aromatic rings. The Hall–Kier alpha value is -1.83. The first-order valence-electron chi connectivity index (χ1n) is 5.51. The highest BCUT2D eigenvalue weighted by molar-refractivity contribution is 5.86. The van der Waals surface area contributed by atoms with Crippen LogP contribution in [0.5, 0.6) is 0 Å². The van der Waals surface area contributed by atoms with Gasteiger partial charge < -0.3 is 0 Å². The highest BCUT2D eigenvalue weighted by Crippen LogP contribution is 2.23. The molecule has 16 heavy (non-hydrogen) atoms. The van der Waals surface area contributed by atoms with Gasteiger partial charge in [0.25, 0.3) is 0 Å². The molecule has 0 atom stereocenters. The molecule has 0 bridgehead atoms. The van der Waals surface area contributed by atoms with Gasteiger partial charge in [-0.1, -0.05) is 18.2 Å². The largest absolute Gasteiger partial charge is 0.299 e. The van der Waals surface area contributed by atoms with Gasteiger partial charge in [-0.3, -0.25) is 4.40 Å². The van der Waals surface area contributed by atoms with Crippen molar-refractivity contribution in [2.75, 3.05) is 0 Å². The quantitative estimate of drug-likeness (QED) is 0.555. The number of benzene rings is 1. The molecule has 80 valence electrons. The first-order valence-corrected chi connectivity index (χ1v) is 5.51. The van der Waals surface area contributed by atoms with Crippen LogP contribution < -0.4 is 0 Å². The highest BCUT2D eigenvalue weighted by atomic mass is 15.0. The summed E-state index contributed by atoms with van der Waals surface area (Å²) in [4.78, 5) is 4.68. The van der Waals surface area contributed by atoms with E-state index in [4.69, 9.17) is 0 Å². The molecule has 0 aliphatic rings. The van der Waals surface area contributed by atoms with Crippen molar-refractivity contribution in [2.24, 2.45) is 0 Å². The Morgan fingerprint density at radius 1 is 0.938 bits per heavy atom. The van der Waals surface area contributed by atoms with Crippen molar-refractivity contribution in [3.05, 3.63) is 47.2 Å². The van der Waals surface area contributed by atoms with Gasteiger partial charge in [-0.05, 0) is 43.5 Å². The lowest BCUT2D eigenvalue weighted by molar-refractivity contribution is 1.18. The molecule has 0 aliphatic heterocycles. The van der Waals surface area contributed by atoms with Crippen LogP contribution in [-0.2, 0) is 0 Å². The third-order valence-corrected chi connectivity index (χ3v) is 3.10. The maximum Gasteiger partial charge on any atom is 0.137 e. The van der Waals surface area contributed by atoms with Crippen molar-refractivity contribution in [1.82, 2.24) is 9.38 Å². The molecule has 0 N–H and O–H groups in total. The molecule has 1 aromatic carbocycles. The minimum atomic E-state index is 1.03. The molecule has 2 heteroatoms. The maximum atomic E-state index is 4.68. The van der Waals surface area contributed by atoms with Crippen molar-refractivity contribution >= 4 is 16.7 Å². The highest BCUT2D eigenvalue weighted by Gasteiger charge is 2.08. The zero-order chi connectivity index (χ0) is 11.3. The number of rotatable bonds is 0. The lowest BCUT2D eigenvalue weighted by Crippen LogP contribution is -1.88. The first-order chi connectivity index (χ1) is 7.66. The van der Waals surface area contributed by atoms with Gasteiger partial charge in [0.05, 0.1) is 11.0 Å². The number of aromatic nitrogens is 2. The van der Waals surface area contributed by atoms with E-state index in [2.05, 4.69) is 60.6 Å². The molecule has 0 saturated heterocycles. The molecular weight excluding hydrogens is 196 g/mol. The molecule has 2 nitrogen and oxygen atoms in total. The van der Waals surface area contributed by atoms with Crippen molar-refractivity contribution < 1.29 is 0 Å². The van der Waals surface area contributed by atoms with Gasteiger partial charge in [0.15, 0.2) is 0 Å². The third kappa shape index (κ3) is 1.16. The maximum absolute atomic E-state index is 4.68. The molecule has 0 amide bonds. The Morgan fingerprint density at radius 2 is 1.69 bits per heavy atom. The lowest BCUT2D eigenvalue weighted by atomic mass is 10.1. The molecule has 0 fully saturated rings. The van der Waals surface area contributed by atoms with Crippen molar-refractivity contribution in [3.8, 4) is 0 Å². The number of hydrogen-bond donors (Lipinski definition) is 0. The molecule has 2 aromatic heterocycles. The standard InChI is InChI=1S/C14H14N2/c1-9-4-7-12-15-13-10(2)5-6-11(3)14(13)16(12)8-9/h4-8H,1-3H3. The van der Waals surface area contributed by atoms with Crippen LogP contribution in [0.2, 0.25) is 0 Å². The number of aryl methyl sites for hydroxylation is 3. The van der Waals surface area contributed by atoms with E-state index in [-0.39, 0.29) is 0 Å². The van der Waals surface area contributed by atoms with E-state index in [9.17, 15) is 0 Å². The van der Waals surface area contributed by atoms with Gasteiger partial charge in [-0.2, -0.15) is 0 Å². The zero-order valence-electron chi connectivity index (χ0n) is 9.78. The average molecular weight is 210 g/mol. The predicted molar refractivity (Wildman–Crippen MR) is 66.9 cm³/mol. The van der Waals surface area contributed by atoms with Gasteiger partial charge in [-0.25, -0.2) is 4.98 Å². The summed E-state index contributed by atoms with van der Waals surface area (Å²) in [7, 11) is 0. The van der Waals surface area contributed by atoms with Crippen molar-refractivity contribution in [1.29, 1.82) is 0 Å². The number of hydrogen-bond acceptors (Lipinski definition) is 1. The smallest absolute Gasteiger partial charge is 0.137 e. The normalized spacial score (nSPS) is 11.4. The summed E-state index contributed by atoms with van der Waals surface area (Å²) in [5, 5.41) is 0. The van der Waals surface area contributed by atoms with Gasteiger partial charge in [0, 0.05) is 6.20 Å². The minimum Gasteiger partial charge on any atom is -0.299 e. The van der Waals surface area contributed by atoms with Crippen LogP contribution >= 0.6 is 0 Å². The molecule has 0 unspecified atom stereocenters.